The molecule has 2 aromatic carbocycles. The summed E-state index contributed by atoms with van der Waals surface area (Å²) in [5.74, 6) is 0.782. The van der Waals surface area contributed by atoms with E-state index in [0.29, 0.717) is 35.6 Å². The van der Waals surface area contributed by atoms with Gasteiger partial charge in [0.05, 0.1) is 17.6 Å². The lowest BCUT2D eigenvalue weighted by molar-refractivity contribution is -0.120. The number of aryl methyl sites for hydroxylation is 2. The Bertz CT molecular complexity index is 1000. The van der Waals surface area contributed by atoms with Gasteiger partial charge in [0.15, 0.2) is 0 Å². The molecule has 1 atom stereocenters. The van der Waals surface area contributed by atoms with E-state index in [0.717, 1.165) is 88.0 Å². The normalized spacial score (nSPS) is 16.0. The fourth-order valence-electron chi connectivity index (χ4n) is 4.74. The van der Waals surface area contributed by atoms with E-state index in [-0.39, 0.29) is 6.61 Å². The third-order valence-electron chi connectivity index (χ3n) is 6.91. The molecule has 0 fully saturated rings. The summed E-state index contributed by atoms with van der Waals surface area (Å²) >= 11 is 0. The van der Waals surface area contributed by atoms with Crippen molar-refractivity contribution in [1.82, 2.24) is 5.32 Å². The maximum atomic E-state index is 10.5. The molecule has 1 unspecified atom stereocenters. The number of aliphatic hydroxyl groups excluding tert-OH is 2. The maximum absolute atomic E-state index is 10.5. The molecule has 0 saturated heterocycles. The Labute approximate surface area is 227 Å². The van der Waals surface area contributed by atoms with Gasteiger partial charge in [0.2, 0.25) is 0 Å². The number of hydrogen-bond donors (Lipinski definition) is 5. The first kappa shape index (κ1) is 30.6. The largest absolute Gasteiger partial charge is 0.428 e. The fraction of sp³-hybridized carbons (Fsp3) is 0.552. The van der Waals surface area contributed by atoms with Gasteiger partial charge in [-0.3, -0.25) is 13.9 Å². The van der Waals surface area contributed by atoms with Crippen molar-refractivity contribution in [3.05, 3.63) is 58.7 Å². The number of carbonyl (C=O) groups excluding carboxylic acids is 1. The molecule has 2 aromatic rings. The first-order chi connectivity index (χ1) is 18.4. The summed E-state index contributed by atoms with van der Waals surface area (Å²) in [6.45, 7) is 2.79. The van der Waals surface area contributed by atoms with Crippen molar-refractivity contribution in [1.29, 1.82) is 0 Å². The molecule has 0 bridgehead atoms. The standard InChI is InChI=1S/C29H43NO7S/c31-21-26-19-25(12-13-28(26)37-22-32)27(33)20-30-14-4-1-2-5-15-36-16-6-3-8-23-10-11-24-9-7-17-38(34,35)29(24)18-23/h10-13,18-19,22,27,30-31,33-35H,1-9,14-17,20-21H2. The number of carbonyl (C=O) groups is 1. The lowest BCUT2D eigenvalue weighted by Crippen LogP contribution is -2.22. The van der Waals surface area contributed by atoms with Crippen molar-refractivity contribution in [3.8, 4) is 5.75 Å². The van der Waals surface area contributed by atoms with Crippen LogP contribution in [-0.4, -0.2) is 57.8 Å². The van der Waals surface area contributed by atoms with Crippen LogP contribution in [0.4, 0.5) is 0 Å². The number of aliphatic hydroxyl groups is 2. The van der Waals surface area contributed by atoms with Gasteiger partial charge < -0.3 is 25.0 Å². The van der Waals surface area contributed by atoms with Crippen LogP contribution in [0.1, 0.15) is 73.3 Å². The SMILES string of the molecule is O=COc1ccc(C(O)CNCCCCCCOCCCCc2ccc3c(c2)S(O)(O)CCC3)cc1CO. The van der Waals surface area contributed by atoms with Crippen molar-refractivity contribution in [2.24, 2.45) is 0 Å². The Morgan fingerprint density at radius 1 is 1.00 bits per heavy atom. The van der Waals surface area contributed by atoms with Gasteiger partial charge in [0.1, 0.15) is 5.75 Å². The van der Waals surface area contributed by atoms with Gasteiger partial charge in [-0.15, -0.1) is 0 Å². The molecule has 3 rings (SSSR count). The quantitative estimate of drug-likeness (QED) is 0.130. The molecule has 9 heteroatoms. The predicted molar refractivity (Wildman–Crippen MR) is 150 cm³/mol. The number of unbranched alkanes of at least 4 members (excludes halogenated alkanes) is 4. The third kappa shape index (κ3) is 9.64. The second kappa shape index (κ2) is 16.2. The van der Waals surface area contributed by atoms with Crippen LogP contribution in [0, 0.1) is 0 Å². The van der Waals surface area contributed by atoms with E-state index >= 15 is 0 Å². The second-order valence-corrected chi connectivity index (χ2v) is 12.0. The maximum Gasteiger partial charge on any atom is 0.298 e. The van der Waals surface area contributed by atoms with Crippen LogP contribution in [0.15, 0.2) is 41.3 Å². The van der Waals surface area contributed by atoms with E-state index < -0.39 is 16.7 Å². The molecule has 5 N–H and O–H groups in total. The van der Waals surface area contributed by atoms with Gasteiger partial charge in [0, 0.05) is 31.1 Å². The Morgan fingerprint density at radius 2 is 1.79 bits per heavy atom. The van der Waals surface area contributed by atoms with E-state index in [1.807, 2.05) is 6.07 Å². The molecule has 0 aliphatic carbocycles. The van der Waals surface area contributed by atoms with Crippen molar-refractivity contribution < 1.29 is 33.6 Å². The van der Waals surface area contributed by atoms with Crippen LogP contribution in [0.5, 0.6) is 5.75 Å². The predicted octanol–water partition coefficient (Wildman–Crippen LogP) is 4.99. The van der Waals surface area contributed by atoms with E-state index in [1.165, 1.54) is 5.56 Å². The van der Waals surface area contributed by atoms with Crippen molar-refractivity contribution >= 4 is 17.1 Å². The zero-order chi connectivity index (χ0) is 27.2. The van der Waals surface area contributed by atoms with E-state index in [4.69, 9.17) is 9.47 Å². The van der Waals surface area contributed by atoms with Crippen molar-refractivity contribution in [2.45, 2.75) is 75.4 Å². The zero-order valence-corrected chi connectivity index (χ0v) is 23.0. The van der Waals surface area contributed by atoms with Crippen LogP contribution >= 0.6 is 10.6 Å². The van der Waals surface area contributed by atoms with E-state index in [1.54, 1.807) is 18.2 Å². The lowest BCUT2D eigenvalue weighted by Gasteiger charge is -2.38. The van der Waals surface area contributed by atoms with E-state index in [9.17, 15) is 24.1 Å². The molecule has 0 aromatic heterocycles. The third-order valence-corrected chi connectivity index (χ3v) is 8.85. The van der Waals surface area contributed by atoms with Crippen LogP contribution in [0.25, 0.3) is 0 Å². The highest BCUT2D eigenvalue weighted by Crippen LogP contribution is 2.53. The van der Waals surface area contributed by atoms with Gasteiger partial charge in [-0.05, 0) is 86.4 Å². The van der Waals surface area contributed by atoms with Crippen molar-refractivity contribution in [3.63, 3.8) is 0 Å². The highest BCUT2D eigenvalue weighted by Gasteiger charge is 2.24. The number of ether oxygens (including phenoxy) is 2. The number of rotatable bonds is 18. The average Bonchev–Trinajstić information content (AvgIpc) is 2.91. The van der Waals surface area contributed by atoms with Gasteiger partial charge in [-0.2, -0.15) is 10.6 Å². The summed E-state index contributed by atoms with van der Waals surface area (Å²) in [4.78, 5) is 11.3. The zero-order valence-electron chi connectivity index (χ0n) is 22.1. The molecule has 38 heavy (non-hydrogen) atoms. The summed E-state index contributed by atoms with van der Waals surface area (Å²) in [6.07, 6.45) is 8.26. The highest BCUT2D eigenvalue weighted by atomic mass is 32.3. The molecule has 1 aliphatic rings. The molecule has 0 amide bonds. The van der Waals surface area contributed by atoms with Crippen LogP contribution in [0.3, 0.4) is 0 Å². The first-order valence-corrected chi connectivity index (χ1v) is 15.3. The molecule has 8 nitrogen and oxygen atoms in total. The van der Waals surface area contributed by atoms with E-state index in [2.05, 4.69) is 17.4 Å². The molecular weight excluding hydrogens is 506 g/mol. The highest BCUT2D eigenvalue weighted by molar-refractivity contribution is 8.24. The molecule has 1 aliphatic heterocycles. The van der Waals surface area contributed by atoms with Gasteiger partial charge >= 0.3 is 0 Å². The topological polar surface area (TPSA) is 128 Å². The Balaban J connectivity index is 1.17. The Kier molecular flexibility index (Phi) is 13.0. The molecule has 0 saturated carbocycles. The van der Waals surface area contributed by atoms with Crippen LogP contribution in [0.2, 0.25) is 0 Å². The lowest BCUT2D eigenvalue weighted by atomic mass is 10.0. The summed E-state index contributed by atoms with van der Waals surface area (Å²) in [5, 5.41) is 23.0. The fourth-order valence-corrected chi connectivity index (χ4v) is 6.43. The van der Waals surface area contributed by atoms with Gasteiger partial charge in [0.25, 0.3) is 6.47 Å². The summed E-state index contributed by atoms with van der Waals surface area (Å²) in [6, 6.07) is 11.1. The minimum Gasteiger partial charge on any atom is -0.428 e. The number of nitrogens with one attached hydrogen (secondary N) is 1. The smallest absolute Gasteiger partial charge is 0.298 e. The minimum absolute atomic E-state index is 0.270. The summed E-state index contributed by atoms with van der Waals surface area (Å²) < 4.78 is 31.2. The molecule has 0 spiro atoms. The molecule has 0 radical (unpaired) electrons. The van der Waals surface area contributed by atoms with Crippen molar-refractivity contribution in [2.75, 3.05) is 32.1 Å². The Morgan fingerprint density at radius 3 is 2.58 bits per heavy atom. The molecular formula is C29H43NO7S. The molecule has 1 heterocycles. The Hall–Kier alpha value is -1.98. The first-order valence-electron chi connectivity index (χ1n) is 13.6. The average molecular weight is 550 g/mol. The summed E-state index contributed by atoms with van der Waals surface area (Å²) in [7, 11) is -2.60. The van der Waals surface area contributed by atoms with Gasteiger partial charge in [-0.25, -0.2) is 0 Å². The van der Waals surface area contributed by atoms with Crippen LogP contribution < -0.4 is 10.1 Å². The second-order valence-electron chi connectivity index (χ2n) is 9.86. The number of hydrogen-bond acceptors (Lipinski definition) is 8. The summed E-state index contributed by atoms with van der Waals surface area (Å²) in [5.41, 5.74) is 3.39. The monoisotopic (exact) mass is 549 g/mol. The van der Waals surface area contributed by atoms with Gasteiger partial charge in [-0.1, -0.05) is 31.0 Å². The molecule has 212 valence electrons. The van der Waals surface area contributed by atoms with Crippen LogP contribution in [-0.2, 0) is 29.0 Å². The minimum atomic E-state index is -2.60. The number of benzene rings is 2. The number of fused-ring (bicyclic) bond motifs is 1.